The molecule has 180 valence electrons. The molecule has 0 spiro atoms. The smallest absolute Gasteiger partial charge is 0.276 e. The Labute approximate surface area is 203 Å². The zero-order chi connectivity index (χ0) is 24.4. The Kier molecular flexibility index (Phi) is 6.28. The van der Waals surface area contributed by atoms with Crippen LogP contribution >= 0.6 is 0 Å². The predicted molar refractivity (Wildman–Crippen MR) is 136 cm³/mol. The Balaban J connectivity index is 1.54. The van der Waals surface area contributed by atoms with Crippen LogP contribution in [0.1, 0.15) is 47.3 Å². The first-order valence-electron chi connectivity index (χ1n) is 11.8. The molecule has 1 fully saturated rings. The van der Waals surface area contributed by atoms with E-state index in [2.05, 4.69) is 30.9 Å². The first-order valence-corrected chi connectivity index (χ1v) is 11.8. The number of fused-ring (bicyclic) bond motifs is 1. The first-order chi connectivity index (χ1) is 17.0. The molecule has 35 heavy (non-hydrogen) atoms. The fraction of sp³-hybridized carbons (Fsp3) is 0.320. The molecule has 0 atom stereocenters. The van der Waals surface area contributed by atoms with Gasteiger partial charge in [-0.15, -0.1) is 5.10 Å². The van der Waals surface area contributed by atoms with E-state index in [0.29, 0.717) is 28.7 Å². The molecule has 4 aromatic heterocycles. The number of anilines is 4. The lowest BCUT2D eigenvalue weighted by molar-refractivity contribution is 0.102. The molecule has 1 saturated carbocycles. The van der Waals surface area contributed by atoms with Crippen LogP contribution in [-0.2, 0) is 0 Å². The van der Waals surface area contributed by atoms with Crippen LogP contribution in [0, 0.1) is 13.8 Å². The highest BCUT2D eigenvalue weighted by Crippen LogP contribution is 2.31. The number of amides is 1. The summed E-state index contributed by atoms with van der Waals surface area (Å²) >= 11 is 0. The molecule has 0 saturated heterocycles. The zero-order valence-electron chi connectivity index (χ0n) is 19.8. The minimum absolute atomic E-state index is 0.256. The first kappa shape index (κ1) is 22.7. The van der Waals surface area contributed by atoms with Crippen molar-refractivity contribution in [1.82, 2.24) is 24.6 Å². The molecule has 0 aliphatic heterocycles. The number of hydrogen-bond acceptors (Lipinski definition) is 8. The fourth-order valence-corrected chi connectivity index (χ4v) is 4.28. The van der Waals surface area contributed by atoms with Crippen LogP contribution < -0.4 is 21.7 Å². The summed E-state index contributed by atoms with van der Waals surface area (Å²) < 4.78 is 1.58. The van der Waals surface area contributed by atoms with Gasteiger partial charge in [0, 0.05) is 41.9 Å². The number of nitrogens with zero attached hydrogens (tertiary/aromatic N) is 5. The van der Waals surface area contributed by atoms with Gasteiger partial charge in [0.2, 0.25) is 0 Å². The number of carbonyl (C=O) groups excluding carboxylic acids is 1. The van der Waals surface area contributed by atoms with Crippen LogP contribution in [0.25, 0.3) is 5.65 Å². The molecule has 1 aliphatic carbocycles. The van der Waals surface area contributed by atoms with Gasteiger partial charge in [-0.3, -0.25) is 9.78 Å². The molecule has 5 rings (SSSR count). The molecular weight excluding hydrogens is 442 g/mol. The van der Waals surface area contributed by atoms with E-state index in [1.54, 1.807) is 35.2 Å². The minimum atomic E-state index is -0.311. The van der Waals surface area contributed by atoms with Gasteiger partial charge in [-0.1, -0.05) is 6.07 Å². The second kappa shape index (κ2) is 9.67. The van der Waals surface area contributed by atoms with E-state index in [-0.39, 0.29) is 18.0 Å². The van der Waals surface area contributed by atoms with E-state index in [1.807, 2.05) is 26.0 Å². The van der Waals surface area contributed by atoms with Crippen LogP contribution in [0.4, 0.5) is 23.0 Å². The molecule has 1 aliphatic rings. The molecule has 0 radical (unpaired) electrons. The maximum absolute atomic E-state index is 13.1. The summed E-state index contributed by atoms with van der Waals surface area (Å²) in [6.07, 6.45) is 10.5. The van der Waals surface area contributed by atoms with E-state index >= 15 is 0 Å². The van der Waals surface area contributed by atoms with E-state index in [1.165, 1.54) is 6.20 Å². The summed E-state index contributed by atoms with van der Waals surface area (Å²) in [5.74, 6) is 1.07. The number of carbonyl (C=O) groups is 1. The van der Waals surface area contributed by atoms with E-state index in [0.717, 1.165) is 42.5 Å². The summed E-state index contributed by atoms with van der Waals surface area (Å²) in [6, 6.07) is 7.90. The van der Waals surface area contributed by atoms with Gasteiger partial charge in [0.25, 0.3) is 5.91 Å². The van der Waals surface area contributed by atoms with Crippen molar-refractivity contribution in [3.63, 3.8) is 0 Å². The van der Waals surface area contributed by atoms with Crippen LogP contribution in [0.5, 0.6) is 0 Å². The van der Waals surface area contributed by atoms with E-state index < -0.39 is 0 Å². The molecule has 4 aromatic rings. The highest BCUT2D eigenvalue weighted by Gasteiger charge is 2.23. The summed E-state index contributed by atoms with van der Waals surface area (Å²) in [5.41, 5.74) is 10.3. The summed E-state index contributed by atoms with van der Waals surface area (Å²) in [7, 11) is 0. The lowest BCUT2D eigenvalue weighted by atomic mass is 9.92. The van der Waals surface area contributed by atoms with Gasteiger partial charge in [0.15, 0.2) is 17.2 Å². The number of nitrogens with two attached hydrogens (primary N) is 1. The number of nitrogens with one attached hydrogen (secondary N) is 3. The van der Waals surface area contributed by atoms with Crippen molar-refractivity contribution in [1.29, 1.82) is 0 Å². The van der Waals surface area contributed by atoms with Gasteiger partial charge in [0.1, 0.15) is 5.82 Å². The lowest BCUT2D eigenvalue weighted by Gasteiger charge is -2.28. The quantitative estimate of drug-likeness (QED) is 0.333. The second-order valence-corrected chi connectivity index (χ2v) is 9.02. The summed E-state index contributed by atoms with van der Waals surface area (Å²) in [5, 5.41) is 14.7. The van der Waals surface area contributed by atoms with Gasteiger partial charge in [0.05, 0.1) is 11.9 Å². The van der Waals surface area contributed by atoms with Crippen LogP contribution in [0.2, 0.25) is 0 Å². The van der Waals surface area contributed by atoms with Crippen molar-refractivity contribution in [2.75, 3.05) is 16.0 Å². The monoisotopic (exact) mass is 471 g/mol. The third-order valence-electron chi connectivity index (χ3n) is 6.34. The van der Waals surface area contributed by atoms with Crippen LogP contribution in [-0.4, -0.2) is 42.6 Å². The van der Waals surface area contributed by atoms with Gasteiger partial charge in [-0.05, 0) is 63.3 Å². The number of aromatic nitrogens is 5. The average Bonchev–Trinajstić information content (AvgIpc) is 3.28. The van der Waals surface area contributed by atoms with Crippen molar-refractivity contribution >= 4 is 34.6 Å². The van der Waals surface area contributed by atoms with Gasteiger partial charge >= 0.3 is 0 Å². The molecule has 10 heteroatoms. The SMILES string of the molecule is Cc1ccc(Nc2c(C)c(N[C@H]3CC[C@H](N)CC3)nn3c(C(=O)Nc4ccncc4)cnc23)nc1. The van der Waals surface area contributed by atoms with Crippen molar-refractivity contribution in [2.45, 2.75) is 51.6 Å². The number of rotatable bonds is 6. The summed E-state index contributed by atoms with van der Waals surface area (Å²) in [6.45, 7) is 3.98. The van der Waals surface area contributed by atoms with Gasteiger partial charge < -0.3 is 21.7 Å². The van der Waals surface area contributed by atoms with Crippen molar-refractivity contribution in [3.05, 3.63) is 65.9 Å². The second-order valence-electron chi connectivity index (χ2n) is 9.02. The highest BCUT2D eigenvalue weighted by atomic mass is 16.2. The molecular formula is C25H29N9O. The topological polar surface area (TPSA) is 135 Å². The molecule has 4 heterocycles. The van der Waals surface area contributed by atoms with E-state index in [9.17, 15) is 4.79 Å². The molecule has 5 N–H and O–H groups in total. The number of pyridine rings is 2. The highest BCUT2D eigenvalue weighted by molar-refractivity contribution is 6.03. The van der Waals surface area contributed by atoms with Crippen molar-refractivity contribution < 1.29 is 4.79 Å². The molecule has 0 unspecified atom stereocenters. The fourth-order valence-electron chi connectivity index (χ4n) is 4.28. The predicted octanol–water partition coefficient (Wildman–Crippen LogP) is 3.81. The zero-order valence-corrected chi connectivity index (χ0v) is 19.8. The number of aryl methyl sites for hydroxylation is 1. The van der Waals surface area contributed by atoms with Crippen LogP contribution in [0.3, 0.4) is 0 Å². The Hall–Kier alpha value is -4.05. The largest absolute Gasteiger partial charge is 0.366 e. The maximum atomic E-state index is 13.1. The van der Waals surface area contributed by atoms with Gasteiger partial charge in [-0.25, -0.2) is 14.5 Å². The molecule has 0 bridgehead atoms. The molecule has 1 amide bonds. The molecule has 0 aromatic carbocycles. The summed E-state index contributed by atoms with van der Waals surface area (Å²) in [4.78, 5) is 26.1. The Bertz CT molecular complexity index is 1330. The number of imidazole rings is 1. The normalized spacial score (nSPS) is 17.8. The third-order valence-corrected chi connectivity index (χ3v) is 6.34. The van der Waals surface area contributed by atoms with Gasteiger partial charge in [-0.2, -0.15) is 0 Å². The van der Waals surface area contributed by atoms with Crippen molar-refractivity contribution in [2.24, 2.45) is 5.73 Å². The average molecular weight is 472 g/mol. The maximum Gasteiger partial charge on any atom is 0.276 e. The van der Waals surface area contributed by atoms with E-state index in [4.69, 9.17) is 10.8 Å². The lowest BCUT2D eigenvalue weighted by Crippen LogP contribution is -2.33. The minimum Gasteiger partial charge on any atom is -0.366 e. The van der Waals surface area contributed by atoms with Crippen LogP contribution in [0.15, 0.2) is 49.1 Å². The van der Waals surface area contributed by atoms with Crippen molar-refractivity contribution in [3.8, 4) is 0 Å². The Morgan fingerprint density at radius 3 is 2.51 bits per heavy atom. The standard InChI is InChI=1S/C25H29N9O/c1-15-3-8-21(28-13-15)32-22-16(2)23(30-18-6-4-17(26)5-7-18)33-34-20(14-29-24(22)34)25(35)31-19-9-11-27-12-10-19/h3,8-14,17-18H,4-7,26H2,1-2H3,(H,28,32)(H,30,33)(H,27,31,35)/t17-,18-. The Morgan fingerprint density at radius 1 is 1.03 bits per heavy atom. The Morgan fingerprint density at radius 2 is 1.80 bits per heavy atom. The third kappa shape index (κ3) is 4.92. The molecule has 10 nitrogen and oxygen atoms in total. The number of hydrogen-bond donors (Lipinski definition) is 4.